The third-order valence-corrected chi connectivity index (χ3v) is 5.69. The highest BCUT2D eigenvalue weighted by Crippen LogP contribution is 2.31. The number of aromatic nitrogens is 4. The number of fused-ring (bicyclic) bond motifs is 1. The van der Waals surface area contributed by atoms with Crippen LogP contribution in [-0.2, 0) is 12.8 Å². The van der Waals surface area contributed by atoms with Gasteiger partial charge in [-0.2, -0.15) is 0 Å². The van der Waals surface area contributed by atoms with Gasteiger partial charge in [-0.25, -0.2) is 9.97 Å². The minimum Gasteiger partial charge on any atom is -0.494 e. The third-order valence-electron chi connectivity index (χ3n) is 4.61. The molecule has 0 atom stereocenters. The molecule has 7 nitrogen and oxygen atoms in total. The van der Waals surface area contributed by atoms with E-state index in [2.05, 4.69) is 27.9 Å². The number of H-pyrrole nitrogens is 1. The number of nitrogens with one attached hydrogen (secondary N) is 1. The fourth-order valence-electron chi connectivity index (χ4n) is 3.00. The van der Waals surface area contributed by atoms with Crippen LogP contribution in [0.1, 0.15) is 24.7 Å². The van der Waals surface area contributed by atoms with Gasteiger partial charge in [-0.05, 0) is 43.7 Å². The minimum absolute atomic E-state index is 0.231. The number of nitrogens with zero attached hydrogens (tertiary/aromatic N) is 3. The standard InChI is InChI=1S/C21H22N4O3S/c1-4-9-27-16-7-5-14(6-8-16)17-10-15(13(2)28-17)11-29-21-24-18-19(25(21)3)22-12-23-20(18)26/h5-8,10,12H,4,9,11H2,1-3H3,(H,22,23,26). The first kappa shape index (κ1) is 19.3. The zero-order chi connectivity index (χ0) is 20.4. The van der Waals surface area contributed by atoms with Crippen molar-refractivity contribution in [1.82, 2.24) is 19.5 Å². The Morgan fingerprint density at radius 2 is 2.07 bits per heavy atom. The second-order valence-corrected chi connectivity index (χ2v) is 7.65. The van der Waals surface area contributed by atoms with Crippen molar-refractivity contribution in [3.8, 4) is 17.1 Å². The molecule has 150 valence electrons. The van der Waals surface area contributed by atoms with Gasteiger partial charge in [-0.15, -0.1) is 0 Å². The predicted octanol–water partition coefficient (Wildman–Crippen LogP) is 4.31. The van der Waals surface area contributed by atoms with Crippen LogP contribution in [0.25, 0.3) is 22.5 Å². The smallest absolute Gasteiger partial charge is 0.278 e. The molecule has 29 heavy (non-hydrogen) atoms. The first-order valence-corrected chi connectivity index (χ1v) is 10.4. The summed E-state index contributed by atoms with van der Waals surface area (Å²) in [6.45, 7) is 4.76. The van der Waals surface area contributed by atoms with Crippen molar-refractivity contribution in [2.24, 2.45) is 7.05 Å². The highest BCUT2D eigenvalue weighted by atomic mass is 32.2. The molecule has 0 aliphatic carbocycles. The molecule has 4 rings (SSSR count). The average Bonchev–Trinajstić information content (AvgIpc) is 3.26. The zero-order valence-corrected chi connectivity index (χ0v) is 17.4. The summed E-state index contributed by atoms with van der Waals surface area (Å²) in [6.07, 6.45) is 2.38. The third kappa shape index (κ3) is 3.93. The molecular formula is C21H22N4O3S. The van der Waals surface area contributed by atoms with E-state index in [-0.39, 0.29) is 5.56 Å². The summed E-state index contributed by atoms with van der Waals surface area (Å²) in [6, 6.07) is 9.98. The molecule has 0 saturated carbocycles. The number of hydrogen-bond donors (Lipinski definition) is 1. The lowest BCUT2D eigenvalue weighted by Crippen LogP contribution is -2.06. The number of furan rings is 1. The second kappa shape index (κ2) is 8.16. The fraction of sp³-hybridized carbons (Fsp3) is 0.286. The van der Waals surface area contributed by atoms with E-state index >= 15 is 0 Å². The second-order valence-electron chi connectivity index (χ2n) is 6.71. The molecule has 0 aliphatic heterocycles. The first-order valence-electron chi connectivity index (χ1n) is 9.42. The number of ether oxygens (including phenoxy) is 1. The molecule has 1 aromatic carbocycles. The molecule has 0 saturated heterocycles. The number of thioether (sulfide) groups is 1. The number of imidazole rings is 1. The monoisotopic (exact) mass is 410 g/mol. The molecule has 0 bridgehead atoms. The quantitative estimate of drug-likeness (QED) is 0.457. The summed E-state index contributed by atoms with van der Waals surface area (Å²) in [5.74, 6) is 3.24. The Hall–Kier alpha value is -3.00. The summed E-state index contributed by atoms with van der Waals surface area (Å²) >= 11 is 1.55. The van der Waals surface area contributed by atoms with E-state index in [0.717, 1.165) is 40.0 Å². The van der Waals surface area contributed by atoms with Gasteiger partial charge in [-0.1, -0.05) is 18.7 Å². The summed E-state index contributed by atoms with van der Waals surface area (Å²) in [5.41, 5.74) is 2.79. The number of aryl methyl sites for hydroxylation is 2. The maximum atomic E-state index is 11.9. The highest BCUT2D eigenvalue weighted by molar-refractivity contribution is 7.98. The number of aromatic amines is 1. The Labute approximate surface area is 172 Å². The van der Waals surface area contributed by atoms with Crippen LogP contribution >= 0.6 is 11.8 Å². The van der Waals surface area contributed by atoms with Crippen molar-refractivity contribution in [3.63, 3.8) is 0 Å². The Kier molecular flexibility index (Phi) is 5.44. The molecule has 0 fully saturated rings. The van der Waals surface area contributed by atoms with Crippen LogP contribution in [0.3, 0.4) is 0 Å². The summed E-state index contributed by atoms with van der Waals surface area (Å²) in [5, 5.41) is 0.740. The Bertz CT molecular complexity index is 1190. The van der Waals surface area contributed by atoms with Crippen LogP contribution in [0, 0.1) is 6.92 Å². The Balaban J connectivity index is 1.51. The van der Waals surface area contributed by atoms with Gasteiger partial charge in [0.05, 0.1) is 12.9 Å². The number of rotatable bonds is 7. The lowest BCUT2D eigenvalue weighted by molar-refractivity contribution is 0.317. The zero-order valence-electron chi connectivity index (χ0n) is 16.6. The van der Waals surface area contributed by atoms with Gasteiger partial charge in [0.2, 0.25) is 0 Å². The van der Waals surface area contributed by atoms with Gasteiger partial charge >= 0.3 is 0 Å². The summed E-state index contributed by atoms with van der Waals surface area (Å²) in [4.78, 5) is 23.1. The van der Waals surface area contributed by atoms with E-state index in [1.54, 1.807) is 11.8 Å². The van der Waals surface area contributed by atoms with Crippen LogP contribution in [0.2, 0.25) is 0 Å². The molecule has 8 heteroatoms. The number of benzene rings is 1. The van der Waals surface area contributed by atoms with Crippen LogP contribution in [0.15, 0.2) is 51.0 Å². The van der Waals surface area contributed by atoms with E-state index in [9.17, 15) is 4.79 Å². The van der Waals surface area contributed by atoms with Crippen molar-refractivity contribution in [2.75, 3.05) is 6.61 Å². The van der Waals surface area contributed by atoms with Gasteiger partial charge in [0.1, 0.15) is 17.3 Å². The topological polar surface area (TPSA) is 85.9 Å². The highest BCUT2D eigenvalue weighted by Gasteiger charge is 2.15. The van der Waals surface area contributed by atoms with Crippen molar-refractivity contribution in [3.05, 3.63) is 58.3 Å². The van der Waals surface area contributed by atoms with Gasteiger partial charge in [-0.3, -0.25) is 4.79 Å². The van der Waals surface area contributed by atoms with Crippen molar-refractivity contribution in [1.29, 1.82) is 0 Å². The molecule has 3 heterocycles. The van der Waals surface area contributed by atoms with Crippen molar-refractivity contribution >= 4 is 22.9 Å². The summed E-state index contributed by atoms with van der Waals surface area (Å²) in [7, 11) is 1.86. The molecule has 1 N–H and O–H groups in total. The maximum absolute atomic E-state index is 11.9. The largest absolute Gasteiger partial charge is 0.494 e. The van der Waals surface area contributed by atoms with Crippen LogP contribution in [0.5, 0.6) is 5.75 Å². The van der Waals surface area contributed by atoms with Crippen LogP contribution in [0.4, 0.5) is 0 Å². The summed E-state index contributed by atoms with van der Waals surface area (Å²) < 4.78 is 13.4. The van der Waals surface area contributed by atoms with Crippen LogP contribution in [-0.4, -0.2) is 26.1 Å². The van der Waals surface area contributed by atoms with E-state index in [0.29, 0.717) is 23.5 Å². The Morgan fingerprint density at radius 1 is 1.28 bits per heavy atom. The van der Waals surface area contributed by atoms with Crippen molar-refractivity contribution < 1.29 is 9.15 Å². The normalized spacial score (nSPS) is 11.3. The van der Waals surface area contributed by atoms with Gasteiger partial charge in [0.15, 0.2) is 16.3 Å². The molecule has 0 aliphatic rings. The molecule has 0 unspecified atom stereocenters. The lowest BCUT2D eigenvalue weighted by Gasteiger charge is -2.04. The average molecular weight is 410 g/mol. The van der Waals surface area contributed by atoms with Gasteiger partial charge in [0, 0.05) is 23.9 Å². The van der Waals surface area contributed by atoms with Crippen LogP contribution < -0.4 is 10.3 Å². The van der Waals surface area contributed by atoms with E-state index in [4.69, 9.17) is 9.15 Å². The van der Waals surface area contributed by atoms with Gasteiger partial charge < -0.3 is 18.7 Å². The number of hydrogen-bond acceptors (Lipinski definition) is 6. The van der Waals surface area contributed by atoms with E-state index in [1.807, 2.05) is 42.8 Å². The minimum atomic E-state index is -0.231. The molecule has 4 aromatic rings. The Morgan fingerprint density at radius 3 is 2.79 bits per heavy atom. The SMILES string of the molecule is CCCOc1ccc(-c2cc(CSc3nc4c(=O)[nH]cnc4n3C)c(C)o2)cc1. The molecule has 0 spiro atoms. The van der Waals surface area contributed by atoms with Crippen molar-refractivity contribution in [2.45, 2.75) is 31.2 Å². The molecule has 0 radical (unpaired) electrons. The molecule has 0 amide bonds. The van der Waals surface area contributed by atoms with E-state index < -0.39 is 0 Å². The fourth-order valence-corrected chi connectivity index (χ4v) is 4.01. The van der Waals surface area contributed by atoms with E-state index in [1.165, 1.54) is 6.33 Å². The molecule has 3 aromatic heterocycles. The first-order chi connectivity index (χ1) is 14.1. The lowest BCUT2D eigenvalue weighted by atomic mass is 10.1. The predicted molar refractivity (Wildman–Crippen MR) is 113 cm³/mol. The van der Waals surface area contributed by atoms with Gasteiger partial charge in [0.25, 0.3) is 5.56 Å². The maximum Gasteiger partial charge on any atom is 0.278 e. The molecular weight excluding hydrogens is 388 g/mol.